The third-order valence-corrected chi connectivity index (χ3v) is 3.45. The van der Waals surface area contributed by atoms with Gasteiger partial charge in [0.2, 0.25) is 5.91 Å². The Hall–Kier alpha value is -1.21. The van der Waals surface area contributed by atoms with Crippen LogP contribution in [0.3, 0.4) is 0 Å². The molecule has 0 saturated carbocycles. The molecule has 0 aromatic heterocycles. The molecule has 104 valence electrons. The summed E-state index contributed by atoms with van der Waals surface area (Å²) in [5.41, 5.74) is -3.77. The number of anilines is 1. The highest BCUT2D eigenvalue weighted by Gasteiger charge is 2.29. The Morgan fingerprint density at radius 2 is 1.95 bits per heavy atom. The smallest absolute Gasteiger partial charge is 0.326 e. The molecule has 0 aliphatic carbocycles. The molecule has 1 aliphatic rings. The number of thioether (sulfide) groups is 1. The van der Waals surface area contributed by atoms with E-state index in [-0.39, 0.29) is 22.6 Å². The van der Waals surface area contributed by atoms with Gasteiger partial charge < -0.3 is 10.6 Å². The van der Waals surface area contributed by atoms with Gasteiger partial charge in [-0.15, -0.1) is 0 Å². The van der Waals surface area contributed by atoms with Crippen molar-refractivity contribution in [3.05, 3.63) is 24.3 Å². The van der Waals surface area contributed by atoms with Crippen molar-refractivity contribution in [1.82, 2.24) is 5.32 Å². The fourth-order valence-electron chi connectivity index (χ4n) is 1.71. The molecular formula is C12H13F3N2OS. The molecule has 1 heterocycles. The van der Waals surface area contributed by atoms with Crippen LogP contribution < -0.4 is 10.6 Å². The molecule has 2 N–H and O–H groups in total. The Balaban J connectivity index is 1.85. The second-order valence-corrected chi connectivity index (χ2v) is 5.49. The summed E-state index contributed by atoms with van der Waals surface area (Å²) in [6.07, 6.45) is 0.437. The van der Waals surface area contributed by atoms with E-state index in [0.717, 1.165) is 13.1 Å². The molecule has 1 fully saturated rings. The van der Waals surface area contributed by atoms with Gasteiger partial charge in [-0.2, -0.15) is 13.2 Å². The lowest BCUT2D eigenvalue weighted by Gasteiger charge is -2.26. The second kappa shape index (κ2) is 5.83. The first-order valence-electron chi connectivity index (χ1n) is 5.79. The zero-order valence-electron chi connectivity index (χ0n) is 9.96. The van der Waals surface area contributed by atoms with Gasteiger partial charge in [0.1, 0.15) is 0 Å². The first-order chi connectivity index (χ1) is 8.92. The number of hydrogen-bond acceptors (Lipinski definition) is 3. The molecule has 3 nitrogen and oxygen atoms in total. The number of benzene rings is 1. The zero-order valence-corrected chi connectivity index (χ0v) is 10.8. The average Bonchev–Trinajstić information content (AvgIpc) is 2.24. The van der Waals surface area contributed by atoms with E-state index in [1.807, 2.05) is 0 Å². The van der Waals surface area contributed by atoms with Gasteiger partial charge in [0.05, 0.1) is 0 Å². The number of halogens is 3. The van der Waals surface area contributed by atoms with Gasteiger partial charge in [-0.05, 0) is 55.0 Å². The van der Waals surface area contributed by atoms with E-state index in [1.165, 1.54) is 24.3 Å². The Kier molecular flexibility index (Phi) is 4.36. The van der Waals surface area contributed by atoms with Crippen LogP contribution in [0.5, 0.6) is 0 Å². The van der Waals surface area contributed by atoms with Crippen molar-refractivity contribution >= 4 is 23.4 Å². The van der Waals surface area contributed by atoms with E-state index in [9.17, 15) is 18.0 Å². The van der Waals surface area contributed by atoms with E-state index < -0.39 is 5.51 Å². The lowest BCUT2D eigenvalue weighted by Crippen LogP contribution is -2.43. The highest BCUT2D eigenvalue weighted by molar-refractivity contribution is 8.00. The lowest BCUT2D eigenvalue weighted by molar-refractivity contribution is -0.117. The monoisotopic (exact) mass is 290 g/mol. The van der Waals surface area contributed by atoms with Crippen molar-refractivity contribution in [2.45, 2.75) is 16.8 Å². The van der Waals surface area contributed by atoms with Gasteiger partial charge in [0, 0.05) is 17.0 Å². The number of alkyl halides is 3. The van der Waals surface area contributed by atoms with Crippen LogP contribution in [0.1, 0.15) is 6.42 Å². The predicted octanol–water partition coefficient (Wildman–Crippen LogP) is 2.85. The minimum Gasteiger partial charge on any atom is -0.326 e. The molecule has 19 heavy (non-hydrogen) atoms. The van der Waals surface area contributed by atoms with Crippen LogP contribution in [0, 0.1) is 5.92 Å². The van der Waals surface area contributed by atoms with E-state index in [0.29, 0.717) is 18.0 Å². The minimum atomic E-state index is -4.29. The molecule has 0 radical (unpaired) electrons. The van der Waals surface area contributed by atoms with Crippen molar-refractivity contribution in [3.8, 4) is 0 Å². The van der Waals surface area contributed by atoms with Crippen LogP contribution in [0.4, 0.5) is 18.9 Å². The highest BCUT2D eigenvalue weighted by atomic mass is 32.2. The molecule has 1 aromatic carbocycles. The molecule has 2 rings (SSSR count). The van der Waals surface area contributed by atoms with E-state index in [4.69, 9.17) is 0 Å². The quantitative estimate of drug-likeness (QED) is 0.838. The van der Waals surface area contributed by atoms with Gasteiger partial charge in [0.15, 0.2) is 0 Å². The molecule has 7 heteroatoms. The fraction of sp³-hybridized carbons (Fsp3) is 0.417. The van der Waals surface area contributed by atoms with Crippen molar-refractivity contribution in [3.63, 3.8) is 0 Å². The third-order valence-electron chi connectivity index (χ3n) is 2.71. The van der Waals surface area contributed by atoms with Gasteiger partial charge in [0.25, 0.3) is 0 Å². The van der Waals surface area contributed by atoms with Crippen molar-refractivity contribution < 1.29 is 18.0 Å². The fourth-order valence-corrected chi connectivity index (χ4v) is 2.25. The Morgan fingerprint density at radius 3 is 2.42 bits per heavy atom. The maximum Gasteiger partial charge on any atom is 0.446 e. The molecule has 1 saturated heterocycles. The largest absolute Gasteiger partial charge is 0.446 e. The number of carbonyl (C=O) groups is 1. The number of hydrogen-bond donors (Lipinski definition) is 2. The third kappa shape index (κ3) is 4.76. The molecule has 1 amide bonds. The first kappa shape index (κ1) is 14.2. The minimum absolute atomic E-state index is 0.105. The van der Waals surface area contributed by atoms with E-state index in [2.05, 4.69) is 10.6 Å². The number of rotatable bonds is 4. The Morgan fingerprint density at radius 1 is 1.32 bits per heavy atom. The molecule has 1 aromatic rings. The highest BCUT2D eigenvalue weighted by Crippen LogP contribution is 2.37. The van der Waals surface area contributed by atoms with Crippen LogP contribution >= 0.6 is 11.8 Å². The van der Waals surface area contributed by atoms with Crippen molar-refractivity contribution in [2.24, 2.45) is 5.92 Å². The van der Waals surface area contributed by atoms with E-state index in [1.54, 1.807) is 0 Å². The summed E-state index contributed by atoms with van der Waals surface area (Å²) in [4.78, 5) is 11.7. The van der Waals surface area contributed by atoms with Gasteiger partial charge >= 0.3 is 5.51 Å². The second-order valence-electron chi connectivity index (χ2n) is 4.35. The summed E-state index contributed by atoms with van der Waals surface area (Å²) in [5.74, 6) is 0.253. The van der Waals surface area contributed by atoms with Crippen LogP contribution in [0.25, 0.3) is 0 Å². The summed E-state index contributed by atoms with van der Waals surface area (Å²) < 4.78 is 36.4. The van der Waals surface area contributed by atoms with Crippen LogP contribution in [0.2, 0.25) is 0 Å². The summed E-state index contributed by atoms with van der Waals surface area (Å²) >= 11 is -0.169. The molecule has 0 spiro atoms. The molecule has 0 bridgehead atoms. The maximum atomic E-state index is 12.1. The standard InChI is InChI=1S/C12H13F3N2OS/c13-12(14,15)19-10-3-1-9(2-4-10)17-11(18)5-8-6-16-7-8/h1-4,8,16H,5-7H2,(H,17,18). The van der Waals surface area contributed by atoms with Crippen LogP contribution in [-0.4, -0.2) is 24.5 Å². The Labute approximate surface area is 112 Å². The van der Waals surface area contributed by atoms with Gasteiger partial charge in [-0.3, -0.25) is 4.79 Å². The lowest BCUT2D eigenvalue weighted by atomic mass is 9.99. The summed E-state index contributed by atoms with van der Waals surface area (Å²) in [6, 6.07) is 5.65. The predicted molar refractivity (Wildman–Crippen MR) is 68.0 cm³/mol. The summed E-state index contributed by atoms with van der Waals surface area (Å²) in [5, 5.41) is 5.74. The molecule has 1 aliphatic heterocycles. The summed E-state index contributed by atoms with van der Waals surface area (Å²) in [7, 11) is 0. The number of nitrogens with one attached hydrogen (secondary N) is 2. The summed E-state index contributed by atoms with van der Waals surface area (Å²) in [6.45, 7) is 1.68. The van der Waals surface area contributed by atoms with Gasteiger partial charge in [-0.25, -0.2) is 0 Å². The topological polar surface area (TPSA) is 41.1 Å². The van der Waals surface area contributed by atoms with Crippen LogP contribution in [0.15, 0.2) is 29.2 Å². The molecular weight excluding hydrogens is 277 g/mol. The zero-order chi connectivity index (χ0) is 13.9. The molecule has 0 atom stereocenters. The van der Waals surface area contributed by atoms with Crippen LogP contribution in [-0.2, 0) is 4.79 Å². The van der Waals surface area contributed by atoms with E-state index >= 15 is 0 Å². The van der Waals surface area contributed by atoms with Crippen molar-refractivity contribution in [2.75, 3.05) is 18.4 Å². The number of carbonyl (C=O) groups excluding carboxylic acids is 1. The SMILES string of the molecule is O=C(CC1CNC1)Nc1ccc(SC(F)(F)F)cc1. The number of amides is 1. The first-order valence-corrected chi connectivity index (χ1v) is 6.60. The van der Waals surface area contributed by atoms with Crippen molar-refractivity contribution in [1.29, 1.82) is 0 Å². The average molecular weight is 290 g/mol. The normalized spacial score (nSPS) is 15.9. The maximum absolute atomic E-state index is 12.1. The van der Waals surface area contributed by atoms with Gasteiger partial charge in [-0.1, -0.05) is 0 Å². The molecule has 0 unspecified atom stereocenters. The Bertz CT molecular complexity index is 443.